The second-order valence-corrected chi connectivity index (χ2v) is 4.10. The molecule has 3 nitrogen and oxygen atoms in total. The van der Waals surface area contributed by atoms with E-state index in [1.807, 2.05) is 12.1 Å². The van der Waals surface area contributed by atoms with E-state index in [4.69, 9.17) is 0 Å². The Morgan fingerprint density at radius 1 is 1.64 bits per heavy atom. The van der Waals surface area contributed by atoms with E-state index in [9.17, 15) is 4.79 Å². The van der Waals surface area contributed by atoms with Crippen molar-refractivity contribution in [2.45, 2.75) is 5.03 Å². The van der Waals surface area contributed by atoms with E-state index in [-0.39, 0.29) is 5.97 Å². The molecule has 0 aromatic carbocycles. The van der Waals surface area contributed by atoms with Crippen LogP contribution in [0.1, 0.15) is 0 Å². The third kappa shape index (κ3) is 3.93. The number of esters is 1. The summed E-state index contributed by atoms with van der Waals surface area (Å²) >= 11 is 4.64. The lowest BCUT2D eigenvalue weighted by atomic mass is 10.5. The van der Waals surface area contributed by atoms with Gasteiger partial charge >= 0.3 is 5.97 Å². The molecule has 0 aliphatic carbocycles. The van der Waals surface area contributed by atoms with Gasteiger partial charge in [-0.05, 0) is 33.5 Å². The Morgan fingerprint density at radius 2 is 2.43 bits per heavy atom. The maximum absolute atomic E-state index is 10.7. The number of thioether (sulfide) groups is 1. The van der Waals surface area contributed by atoms with Crippen molar-refractivity contribution in [3.63, 3.8) is 0 Å². The van der Waals surface area contributed by atoms with Gasteiger partial charge in [-0.2, -0.15) is 0 Å². The second-order valence-electron chi connectivity index (χ2n) is 2.26. The number of carbonyl (C=O) groups excluding carboxylic acids is 1. The summed E-state index contributed by atoms with van der Waals surface area (Å²) < 4.78 is 5.37. The first-order chi connectivity index (χ1) is 6.72. The van der Waals surface area contributed by atoms with Crippen molar-refractivity contribution in [1.82, 2.24) is 4.98 Å². The highest BCUT2D eigenvalue weighted by molar-refractivity contribution is 9.10. The van der Waals surface area contributed by atoms with Crippen molar-refractivity contribution < 1.29 is 9.53 Å². The molecule has 0 radical (unpaired) electrons. The van der Waals surface area contributed by atoms with Crippen LogP contribution in [0.3, 0.4) is 0 Å². The van der Waals surface area contributed by atoms with Crippen LogP contribution in [0.25, 0.3) is 0 Å². The normalized spacial score (nSPS) is 10.4. The molecule has 0 N–H and O–H groups in total. The first kappa shape index (κ1) is 11.3. The van der Waals surface area contributed by atoms with Crippen molar-refractivity contribution in [2.24, 2.45) is 0 Å². The Hall–Kier alpha value is -0.810. The third-order valence-corrected chi connectivity index (χ3v) is 2.52. The Kier molecular flexibility index (Phi) is 4.69. The van der Waals surface area contributed by atoms with Gasteiger partial charge in [0.1, 0.15) is 5.03 Å². The summed E-state index contributed by atoms with van der Waals surface area (Å²) in [5.74, 6) is -0.366. The van der Waals surface area contributed by atoms with Crippen LogP contribution < -0.4 is 0 Å². The average molecular weight is 274 g/mol. The van der Waals surface area contributed by atoms with Gasteiger partial charge in [-0.25, -0.2) is 9.78 Å². The number of pyridine rings is 1. The molecule has 1 rings (SSSR count). The van der Waals surface area contributed by atoms with Crippen LogP contribution in [-0.4, -0.2) is 18.1 Å². The Balaban J connectivity index is 2.49. The molecule has 0 amide bonds. The number of hydrogen-bond donors (Lipinski definition) is 0. The van der Waals surface area contributed by atoms with Gasteiger partial charge in [0.15, 0.2) is 0 Å². The van der Waals surface area contributed by atoms with Crippen molar-refractivity contribution in [2.75, 3.05) is 7.11 Å². The highest BCUT2D eigenvalue weighted by Gasteiger charge is 1.94. The van der Waals surface area contributed by atoms with Crippen LogP contribution in [0.2, 0.25) is 0 Å². The first-order valence-electron chi connectivity index (χ1n) is 3.75. The predicted octanol–water partition coefficient (Wildman–Crippen LogP) is 2.62. The third-order valence-electron chi connectivity index (χ3n) is 1.29. The molecular formula is C9H8BrNO2S. The maximum atomic E-state index is 10.7. The zero-order chi connectivity index (χ0) is 10.4. The molecule has 1 aromatic heterocycles. The quantitative estimate of drug-likeness (QED) is 0.482. The lowest BCUT2D eigenvalue weighted by Crippen LogP contribution is -1.92. The fraction of sp³-hybridized carbons (Fsp3) is 0.111. The second kappa shape index (κ2) is 5.82. The van der Waals surface area contributed by atoms with E-state index in [1.165, 1.54) is 24.9 Å². The van der Waals surface area contributed by atoms with Crippen LogP contribution >= 0.6 is 27.7 Å². The number of aromatic nitrogens is 1. The molecule has 0 bridgehead atoms. The standard InChI is InChI=1S/C9H8BrNO2S/c1-13-9(12)4-5-14-8-3-2-7(10)6-11-8/h2-6H,1H3. The molecule has 0 atom stereocenters. The number of halogens is 1. The van der Waals surface area contributed by atoms with Crippen LogP contribution in [0, 0.1) is 0 Å². The van der Waals surface area contributed by atoms with E-state index in [0.717, 1.165) is 9.50 Å². The molecule has 0 aliphatic heterocycles. The fourth-order valence-corrected chi connectivity index (χ4v) is 1.47. The minimum atomic E-state index is -0.366. The van der Waals surface area contributed by atoms with Gasteiger partial charge in [0.25, 0.3) is 0 Å². The molecule has 0 spiro atoms. The molecule has 1 aromatic rings. The average Bonchev–Trinajstić information content (AvgIpc) is 2.21. The van der Waals surface area contributed by atoms with E-state index >= 15 is 0 Å². The number of rotatable bonds is 3. The van der Waals surface area contributed by atoms with Crippen molar-refractivity contribution in [3.05, 3.63) is 34.3 Å². The van der Waals surface area contributed by atoms with Gasteiger partial charge in [0.2, 0.25) is 0 Å². The molecule has 5 heteroatoms. The van der Waals surface area contributed by atoms with Crippen molar-refractivity contribution in [3.8, 4) is 0 Å². The molecule has 74 valence electrons. The monoisotopic (exact) mass is 273 g/mol. The molecule has 0 unspecified atom stereocenters. The van der Waals surface area contributed by atoms with E-state index in [0.29, 0.717) is 0 Å². The lowest BCUT2D eigenvalue weighted by molar-refractivity contribution is -0.134. The van der Waals surface area contributed by atoms with Gasteiger partial charge in [0, 0.05) is 16.7 Å². The molecule has 14 heavy (non-hydrogen) atoms. The maximum Gasteiger partial charge on any atom is 0.330 e. The van der Waals surface area contributed by atoms with E-state index in [2.05, 4.69) is 25.7 Å². The van der Waals surface area contributed by atoms with Gasteiger partial charge in [-0.1, -0.05) is 11.8 Å². The lowest BCUT2D eigenvalue weighted by Gasteiger charge is -1.94. The minimum Gasteiger partial charge on any atom is -0.466 e. The van der Waals surface area contributed by atoms with Gasteiger partial charge in [0.05, 0.1) is 7.11 Å². The van der Waals surface area contributed by atoms with Gasteiger partial charge in [-0.3, -0.25) is 0 Å². The molecule has 0 aliphatic rings. The summed E-state index contributed by atoms with van der Waals surface area (Å²) in [6.45, 7) is 0. The van der Waals surface area contributed by atoms with Crippen LogP contribution in [0.4, 0.5) is 0 Å². The van der Waals surface area contributed by atoms with Crippen LogP contribution in [0.5, 0.6) is 0 Å². The van der Waals surface area contributed by atoms with Gasteiger partial charge < -0.3 is 4.74 Å². The highest BCUT2D eigenvalue weighted by atomic mass is 79.9. The Bertz CT molecular complexity index is 337. The molecule has 1 heterocycles. The zero-order valence-electron chi connectivity index (χ0n) is 7.44. The van der Waals surface area contributed by atoms with Crippen molar-refractivity contribution in [1.29, 1.82) is 0 Å². The van der Waals surface area contributed by atoms with Gasteiger partial charge in [-0.15, -0.1) is 0 Å². The molecular weight excluding hydrogens is 266 g/mol. The first-order valence-corrected chi connectivity index (χ1v) is 5.42. The van der Waals surface area contributed by atoms with Crippen molar-refractivity contribution >= 4 is 33.7 Å². The summed E-state index contributed by atoms with van der Waals surface area (Å²) in [6.07, 6.45) is 3.06. The zero-order valence-corrected chi connectivity index (χ0v) is 9.84. The summed E-state index contributed by atoms with van der Waals surface area (Å²) in [4.78, 5) is 14.8. The Labute approximate surface area is 94.7 Å². The summed E-state index contributed by atoms with van der Waals surface area (Å²) in [7, 11) is 1.34. The number of nitrogens with zero attached hydrogens (tertiary/aromatic N) is 1. The molecule has 0 fully saturated rings. The molecule has 0 saturated heterocycles. The van der Waals surface area contributed by atoms with Crippen LogP contribution in [-0.2, 0) is 9.53 Å². The number of carbonyl (C=O) groups is 1. The summed E-state index contributed by atoms with van der Waals surface area (Å²) in [5, 5.41) is 2.47. The number of hydrogen-bond acceptors (Lipinski definition) is 4. The fourth-order valence-electron chi connectivity index (χ4n) is 0.659. The van der Waals surface area contributed by atoms with E-state index in [1.54, 1.807) is 11.6 Å². The topological polar surface area (TPSA) is 39.2 Å². The minimum absolute atomic E-state index is 0.366. The highest BCUT2D eigenvalue weighted by Crippen LogP contribution is 2.18. The molecule has 0 saturated carbocycles. The largest absolute Gasteiger partial charge is 0.466 e. The van der Waals surface area contributed by atoms with Crippen LogP contribution in [0.15, 0.2) is 39.3 Å². The number of ether oxygens (including phenoxy) is 1. The summed E-state index contributed by atoms with van der Waals surface area (Å²) in [5.41, 5.74) is 0. The summed E-state index contributed by atoms with van der Waals surface area (Å²) in [6, 6.07) is 3.75. The Morgan fingerprint density at radius 3 is 3.00 bits per heavy atom. The number of methoxy groups -OCH3 is 1. The SMILES string of the molecule is COC(=O)C=CSc1ccc(Br)cn1. The predicted molar refractivity (Wildman–Crippen MR) is 59.0 cm³/mol. The smallest absolute Gasteiger partial charge is 0.330 e. The van der Waals surface area contributed by atoms with E-state index < -0.39 is 0 Å².